The molecule has 0 bridgehead atoms. The van der Waals surface area contributed by atoms with Gasteiger partial charge in [-0.3, -0.25) is 0 Å². The van der Waals surface area contributed by atoms with Crippen LogP contribution in [0.25, 0.3) is 0 Å². The summed E-state index contributed by atoms with van der Waals surface area (Å²) >= 11 is 3.87. The zero-order valence-electron chi connectivity index (χ0n) is 8.47. The summed E-state index contributed by atoms with van der Waals surface area (Å²) in [6.45, 7) is 0. The highest BCUT2D eigenvalue weighted by atomic mass is 79.9. The standard InChI is InChI=1S/C12H21Br/c13-12-9-5-8-11(12)10-6-3-1-2-4-7-10/h10-12H,1-9H2. The van der Waals surface area contributed by atoms with Crippen LogP contribution in [0.5, 0.6) is 0 Å². The Balaban J connectivity index is 1.89. The van der Waals surface area contributed by atoms with Gasteiger partial charge in [-0.2, -0.15) is 0 Å². The molecule has 2 unspecified atom stereocenters. The van der Waals surface area contributed by atoms with Gasteiger partial charge in [-0.15, -0.1) is 0 Å². The maximum absolute atomic E-state index is 3.87. The minimum Gasteiger partial charge on any atom is -0.0888 e. The summed E-state index contributed by atoms with van der Waals surface area (Å²) < 4.78 is 0. The maximum Gasteiger partial charge on any atom is 0.0176 e. The Bertz CT molecular complexity index is 147. The number of hydrogen-bond donors (Lipinski definition) is 0. The average molecular weight is 245 g/mol. The lowest BCUT2D eigenvalue weighted by atomic mass is 9.85. The minimum atomic E-state index is 0.857. The van der Waals surface area contributed by atoms with Gasteiger partial charge in [-0.05, 0) is 24.7 Å². The summed E-state index contributed by atoms with van der Waals surface area (Å²) in [4.78, 5) is 0.857. The predicted molar refractivity (Wildman–Crippen MR) is 61.2 cm³/mol. The topological polar surface area (TPSA) is 0 Å². The summed E-state index contributed by atoms with van der Waals surface area (Å²) in [5.41, 5.74) is 0. The van der Waals surface area contributed by atoms with Gasteiger partial charge in [0.05, 0.1) is 0 Å². The quantitative estimate of drug-likeness (QED) is 0.470. The van der Waals surface area contributed by atoms with Crippen molar-refractivity contribution in [3.63, 3.8) is 0 Å². The van der Waals surface area contributed by atoms with Crippen LogP contribution < -0.4 is 0 Å². The molecule has 0 amide bonds. The van der Waals surface area contributed by atoms with Crippen molar-refractivity contribution in [2.45, 2.75) is 62.6 Å². The Morgan fingerprint density at radius 3 is 1.92 bits per heavy atom. The van der Waals surface area contributed by atoms with E-state index in [1.807, 2.05) is 0 Å². The van der Waals surface area contributed by atoms with Crippen molar-refractivity contribution < 1.29 is 0 Å². The normalized spacial score (nSPS) is 37.6. The third kappa shape index (κ3) is 2.49. The number of hydrogen-bond acceptors (Lipinski definition) is 0. The molecule has 13 heavy (non-hydrogen) atoms. The first kappa shape index (κ1) is 10.0. The second kappa shape index (κ2) is 4.82. The molecule has 0 nitrogen and oxygen atoms in total. The predicted octanol–water partition coefficient (Wildman–Crippen LogP) is 4.52. The molecule has 0 aliphatic heterocycles. The fourth-order valence-electron chi connectivity index (χ4n) is 3.21. The Morgan fingerprint density at radius 2 is 1.38 bits per heavy atom. The zero-order chi connectivity index (χ0) is 9.10. The second-order valence-electron chi connectivity index (χ2n) is 4.86. The monoisotopic (exact) mass is 244 g/mol. The molecule has 2 fully saturated rings. The fraction of sp³-hybridized carbons (Fsp3) is 1.00. The molecule has 1 heteroatoms. The van der Waals surface area contributed by atoms with E-state index < -0.39 is 0 Å². The van der Waals surface area contributed by atoms with Gasteiger partial charge in [-0.25, -0.2) is 0 Å². The van der Waals surface area contributed by atoms with Crippen LogP contribution in [0.4, 0.5) is 0 Å². The Hall–Kier alpha value is 0.480. The van der Waals surface area contributed by atoms with Crippen molar-refractivity contribution in [3.8, 4) is 0 Å². The molecule has 0 spiro atoms. The number of alkyl halides is 1. The third-order valence-corrected chi connectivity index (χ3v) is 5.12. The molecule has 2 rings (SSSR count). The van der Waals surface area contributed by atoms with Crippen LogP contribution in [-0.4, -0.2) is 4.83 Å². The van der Waals surface area contributed by atoms with Crippen molar-refractivity contribution >= 4 is 15.9 Å². The molecule has 0 saturated heterocycles. The average Bonchev–Trinajstić information content (AvgIpc) is 2.43. The lowest BCUT2D eigenvalue weighted by molar-refractivity contribution is 0.311. The van der Waals surface area contributed by atoms with Gasteiger partial charge in [-0.1, -0.05) is 60.9 Å². The Morgan fingerprint density at radius 1 is 0.692 bits per heavy atom. The summed E-state index contributed by atoms with van der Waals surface area (Å²) in [7, 11) is 0. The first-order chi connectivity index (χ1) is 6.38. The Labute approximate surface area is 90.6 Å². The molecule has 2 aliphatic carbocycles. The van der Waals surface area contributed by atoms with Gasteiger partial charge >= 0.3 is 0 Å². The van der Waals surface area contributed by atoms with E-state index in [4.69, 9.17) is 0 Å². The van der Waals surface area contributed by atoms with E-state index >= 15 is 0 Å². The smallest absolute Gasteiger partial charge is 0.0176 e. The van der Waals surface area contributed by atoms with Crippen LogP contribution in [0.15, 0.2) is 0 Å². The summed E-state index contributed by atoms with van der Waals surface area (Å²) in [5.74, 6) is 2.09. The zero-order valence-corrected chi connectivity index (χ0v) is 10.1. The SMILES string of the molecule is BrC1CCCC1C1CCCCCC1. The van der Waals surface area contributed by atoms with E-state index in [1.54, 1.807) is 0 Å². The molecular formula is C12H21Br. The van der Waals surface area contributed by atoms with E-state index in [2.05, 4.69) is 15.9 Å². The van der Waals surface area contributed by atoms with E-state index in [1.165, 1.54) is 57.8 Å². The van der Waals surface area contributed by atoms with Crippen molar-refractivity contribution in [2.24, 2.45) is 11.8 Å². The van der Waals surface area contributed by atoms with Gasteiger partial charge in [0.2, 0.25) is 0 Å². The molecule has 2 saturated carbocycles. The summed E-state index contributed by atoms with van der Waals surface area (Å²) in [6.07, 6.45) is 13.4. The van der Waals surface area contributed by atoms with Crippen LogP contribution in [0.1, 0.15) is 57.8 Å². The molecule has 0 aromatic heterocycles. The van der Waals surface area contributed by atoms with Gasteiger partial charge in [0, 0.05) is 4.83 Å². The van der Waals surface area contributed by atoms with Crippen LogP contribution in [0, 0.1) is 11.8 Å². The van der Waals surface area contributed by atoms with Crippen molar-refractivity contribution in [1.82, 2.24) is 0 Å². The van der Waals surface area contributed by atoms with Gasteiger partial charge in [0.25, 0.3) is 0 Å². The van der Waals surface area contributed by atoms with Gasteiger partial charge in [0.15, 0.2) is 0 Å². The van der Waals surface area contributed by atoms with Crippen LogP contribution in [0.3, 0.4) is 0 Å². The van der Waals surface area contributed by atoms with E-state index in [9.17, 15) is 0 Å². The largest absolute Gasteiger partial charge is 0.0888 e. The molecular weight excluding hydrogens is 224 g/mol. The molecule has 0 heterocycles. The molecule has 76 valence electrons. The molecule has 0 N–H and O–H groups in total. The van der Waals surface area contributed by atoms with Gasteiger partial charge < -0.3 is 0 Å². The van der Waals surface area contributed by atoms with Crippen molar-refractivity contribution in [2.75, 3.05) is 0 Å². The van der Waals surface area contributed by atoms with Crippen molar-refractivity contribution in [3.05, 3.63) is 0 Å². The maximum atomic E-state index is 3.87. The van der Waals surface area contributed by atoms with Crippen LogP contribution in [-0.2, 0) is 0 Å². The summed E-state index contributed by atoms with van der Waals surface area (Å²) in [6, 6.07) is 0. The summed E-state index contributed by atoms with van der Waals surface area (Å²) in [5, 5.41) is 0. The minimum absolute atomic E-state index is 0.857. The lowest BCUT2D eigenvalue weighted by Gasteiger charge is -2.24. The van der Waals surface area contributed by atoms with Crippen molar-refractivity contribution in [1.29, 1.82) is 0 Å². The molecule has 0 radical (unpaired) electrons. The molecule has 0 aromatic carbocycles. The lowest BCUT2D eigenvalue weighted by Crippen LogP contribution is -2.18. The van der Waals surface area contributed by atoms with Crippen LogP contribution >= 0.6 is 15.9 Å². The molecule has 0 aromatic rings. The first-order valence-electron chi connectivity index (χ1n) is 6.02. The highest BCUT2D eigenvalue weighted by Crippen LogP contribution is 2.41. The number of rotatable bonds is 1. The fourth-order valence-corrected chi connectivity index (χ4v) is 4.23. The molecule has 2 aliphatic rings. The first-order valence-corrected chi connectivity index (χ1v) is 6.93. The van der Waals surface area contributed by atoms with E-state index in [0.29, 0.717) is 0 Å². The Kier molecular flexibility index (Phi) is 3.71. The van der Waals surface area contributed by atoms with Crippen LogP contribution in [0.2, 0.25) is 0 Å². The number of halogens is 1. The highest BCUT2D eigenvalue weighted by Gasteiger charge is 2.31. The van der Waals surface area contributed by atoms with E-state index in [-0.39, 0.29) is 0 Å². The van der Waals surface area contributed by atoms with Gasteiger partial charge in [0.1, 0.15) is 0 Å². The second-order valence-corrected chi connectivity index (χ2v) is 6.04. The molecule has 2 atom stereocenters. The van der Waals surface area contributed by atoms with E-state index in [0.717, 1.165) is 16.7 Å². The highest BCUT2D eigenvalue weighted by molar-refractivity contribution is 9.09. The third-order valence-electron chi connectivity index (χ3n) is 3.99.